The summed E-state index contributed by atoms with van der Waals surface area (Å²) in [6.07, 6.45) is 2.34. The molecule has 2 fully saturated rings. The van der Waals surface area contributed by atoms with Crippen LogP contribution in [0.3, 0.4) is 0 Å². The molecule has 2 saturated carbocycles. The number of ketones is 1. The summed E-state index contributed by atoms with van der Waals surface area (Å²) in [4.78, 5) is 24.9. The Labute approximate surface area is 186 Å². The topological polar surface area (TPSA) is 145 Å². The number of hydrogen-bond acceptors (Lipinski definition) is 8. The van der Waals surface area contributed by atoms with Crippen molar-refractivity contribution in [2.45, 2.75) is 58.3 Å². The summed E-state index contributed by atoms with van der Waals surface area (Å²) < 4.78 is 5.65. The zero-order valence-corrected chi connectivity index (χ0v) is 19.0. The van der Waals surface area contributed by atoms with Crippen LogP contribution in [0.4, 0.5) is 0 Å². The second-order valence-electron chi connectivity index (χ2n) is 10.3. The lowest BCUT2D eigenvalue weighted by Crippen LogP contribution is -2.62. The van der Waals surface area contributed by atoms with Crippen LogP contribution < -0.4 is 0 Å². The second-order valence-corrected chi connectivity index (χ2v) is 10.3. The summed E-state index contributed by atoms with van der Waals surface area (Å²) >= 11 is 0. The van der Waals surface area contributed by atoms with Crippen LogP contribution >= 0.6 is 0 Å². The third-order valence-corrected chi connectivity index (χ3v) is 8.61. The summed E-state index contributed by atoms with van der Waals surface area (Å²) in [6, 6.07) is 0. The predicted octanol–water partition coefficient (Wildman–Crippen LogP) is 1.71. The Kier molecular flexibility index (Phi) is 4.98. The van der Waals surface area contributed by atoms with Gasteiger partial charge in [-0.2, -0.15) is 0 Å². The molecule has 0 aromatic rings. The smallest absolute Gasteiger partial charge is 0.302 e. The monoisotopic (exact) mass is 448 g/mol. The van der Waals surface area contributed by atoms with Crippen molar-refractivity contribution >= 4 is 11.8 Å². The molecule has 32 heavy (non-hydrogen) atoms. The number of esters is 1. The molecular weight excluding hydrogens is 416 g/mol. The maximum atomic E-state index is 13.0. The molecule has 176 valence electrons. The van der Waals surface area contributed by atoms with Crippen molar-refractivity contribution in [3.63, 3.8) is 0 Å². The van der Waals surface area contributed by atoms with Gasteiger partial charge in [-0.3, -0.25) is 9.59 Å². The standard InChI is InChI=1S/C24H32O8/c1-10-6-16-23(30,20(10)28)8-14(9-25)7-15-17-18(22(17,5)21(29)12(3)26)19(32-13(4)27)11(2)24(15,16)31/h6-7,11,15-19,25-26,29-31H,8-9H2,1-5H3/b21-12-/t11-,15+,16-,17+,18?,19-,22?,23-,24-/m1/s1. The van der Waals surface area contributed by atoms with Gasteiger partial charge in [0.25, 0.3) is 0 Å². The molecule has 4 aliphatic carbocycles. The average molecular weight is 449 g/mol. The molecule has 2 unspecified atom stereocenters. The Hall–Kier alpha value is -2.16. The van der Waals surface area contributed by atoms with Crippen LogP contribution in [0.5, 0.6) is 0 Å². The molecule has 0 aromatic carbocycles. The summed E-state index contributed by atoms with van der Waals surface area (Å²) in [7, 11) is 0. The first-order valence-corrected chi connectivity index (χ1v) is 11.0. The molecule has 4 rings (SSSR count). The molecule has 0 radical (unpaired) electrons. The number of allylic oxidation sites excluding steroid dienone is 2. The molecule has 0 heterocycles. The SMILES string of the molecule is CC(=O)O[C@H]1C2[C@H]([C@@H]3C=C(CO)C[C@]4(O)C(=O)C(C)=C[C@H]4[C@@]3(O)[C@@H]1C)C2(C)/C(O)=C(\C)O. The van der Waals surface area contributed by atoms with Gasteiger partial charge in [-0.1, -0.05) is 26.0 Å². The van der Waals surface area contributed by atoms with Crippen LogP contribution in [-0.2, 0) is 14.3 Å². The fourth-order valence-electron chi connectivity index (χ4n) is 7.11. The summed E-state index contributed by atoms with van der Waals surface area (Å²) in [6.45, 7) is 7.28. The number of carbonyl (C=O) groups excluding carboxylic acids is 2. The van der Waals surface area contributed by atoms with Crippen molar-refractivity contribution in [3.8, 4) is 0 Å². The minimum absolute atomic E-state index is 0.125. The molecule has 0 bridgehead atoms. The molecule has 9 atom stereocenters. The van der Waals surface area contributed by atoms with Crippen molar-refractivity contribution in [2.24, 2.45) is 35.0 Å². The van der Waals surface area contributed by atoms with E-state index in [2.05, 4.69) is 0 Å². The first-order valence-electron chi connectivity index (χ1n) is 11.0. The molecule has 5 N–H and O–H groups in total. The van der Waals surface area contributed by atoms with Crippen molar-refractivity contribution in [1.29, 1.82) is 0 Å². The van der Waals surface area contributed by atoms with Crippen molar-refractivity contribution in [1.82, 2.24) is 0 Å². The number of hydrogen-bond donors (Lipinski definition) is 5. The minimum Gasteiger partial charge on any atom is -0.509 e. The van der Waals surface area contributed by atoms with E-state index in [0.717, 1.165) is 0 Å². The van der Waals surface area contributed by atoms with E-state index in [9.17, 15) is 35.1 Å². The number of fused-ring (bicyclic) bond motifs is 5. The molecular formula is C24H32O8. The second kappa shape index (κ2) is 6.92. The van der Waals surface area contributed by atoms with Gasteiger partial charge in [0.2, 0.25) is 0 Å². The van der Waals surface area contributed by atoms with Crippen molar-refractivity contribution < 1.29 is 39.9 Å². The Morgan fingerprint density at radius 1 is 1.19 bits per heavy atom. The average Bonchev–Trinajstić information content (AvgIpc) is 3.29. The van der Waals surface area contributed by atoms with E-state index < -0.39 is 70.7 Å². The normalized spacial score (nSPS) is 47.8. The zero-order chi connectivity index (χ0) is 24.0. The number of Topliss-reactive ketones (excluding diaryl/α,β-unsaturated/α-hetero) is 1. The van der Waals surface area contributed by atoms with Crippen LogP contribution in [0.2, 0.25) is 0 Å². The fraction of sp³-hybridized carbons (Fsp3) is 0.667. The number of aliphatic hydroxyl groups is 5. The third-order valence-electron chi connectivity index (χ3n) is 8.61. The Balaban J connectivity index is 1.96. The van der Waals surface area contributed by atoms with Crippen LogP contribution in [0.25, 0.3) is 0 Å². The lowest BCUT2D eigenvalue weighted by molar-refractivity contribution is -0.197. The molecule has 0 saturated heterocycles. The van der Waals surface area contributed by atoms with E-state index in [0.29, 0.717) is 11.1 Å². The first-order chi connectivity index (χ1) is 14.8. The Morgan fingerprint density at radius 2 is 1.81 bits per heavy atom. The number of ether oxygens (including phenoxy) is 1. The van der Waals surface area contributed by atoms with Gasteiger partial charge in [0.15, 0.2) is 5.78 Å². The van der Waals surface area contributed by atoms with E-state index in [4.69, 9.17) is 4.74 Å². The highest BCUT2D eigenvalue weighted by atomic mass is 16.5. The van der Waals surface area contributed by atoms with Crippen LogP contribution in [0.1, 0.15) is 41.0 Å². The molecule has 8 nitrogen and oxygen atoms in total. The van der Waals surface area contributed by atoms with Gasteiger partial charge < -0.3 is 30.3 Å². The predicted molar refractivity (Wildman–Crippen MR) is 113 cm³/mol. The fourth-order valence-corrected chi connectivity index (χ4v) is 7.11. The van der Waals surface area contributed by atoms with Gasteiger partial charge in [-0.25, -0.2) is 0 Å². The number of aliphatic hydroxyl groups excluding tert-OH is 3. The lowest BCUT2D eigenvalue weighted by Gasteiger charge is -2.51. The van der Waals surface area contributed by atoms with Crippen molar-refractivity contribution in [2.75, 3.05) is 6.61 Å². The maximum absolute atomic E-state index is 13.0. The molecule has 0 spiro atoms. The van der Waals surface area contributed by atoms with Gasteiger partial charge in [0.05, 0.1) is 12.2 Å². The Morgan fingerprint density at radius 3 is 2.34 bits per heavy atom. The van der Waals surface area contributed by atoms with Crippen LogP contribution in [-0.4, -0.2) is 61.2 Å². The minimum atomic E-state index is -1.93. The van der Waals surface area contributed by atoms with Gasteiger partial charge in [-0.15, -0.1) is 0 Å². The lowest BCUT2D eigenvalue weighted by atomic mass is 9.59. The van der Waals surface area contributed by atoms with Gasteiger partial charge in [0.1, 0.15) is 23.2 Å². The van der Waals surface area contributed by atoms with E-state index in [1.54, 1.807) is 32.9 Å². The number of rotatable bonds is 3. The first kappa shape index (κ1) is 23.0. The maximum Gasteiger partial charge on any atom is 0.302 e. The molecule has 4 aliphatic rings. The molecule has 0 aliphatic heterocycles. The molecule has 0 aromatic heterocycles. The van der Waals surface area contributed by atoms with Gasteiger partial charge in [0, 0.05) is 42.4 Å². The van der Waals surface area contributed by atoms with E-state index >= 15 is 0 Å². The van der Waals surface area contributed by atoms with Gasteiger partial charge >= 0.3 is 5.97 Å². The quantitative estimate of drug-likeness (QED) is 0.249. The molecule has 8 heteroatoms. The highest BCUT2D eigenvalue weighted by molar-refractivity contribution is 6.04. The third kappa shape index (κ3) is 2.66. The van der Waals surface area contributed by atoms with E-state index in [-0.39, 0.29) is 17.9 Å². The number of carbonyl (C=O) groups is 2. The van der Waals surface area contributed by atoms with E-state index in [1.807, 2.05) is 0 Å². The highest BCUT2D eigenvalue weighted by Crippen LogP contribution is 2.75. The highest BCUT2D eigenvalue weighted by Gasteiger charge is 2.80. The summed E-state index contributed by atoms with van der Waals surface area (Å²) in [5, 5.41) is 54.7. The molecule has 0 amide bonds. The summed E-state index contributed by atoms with van der Waals surface area (Å²) in [5.74, 6) is -4.79. The zero-order valence-electron chi connectivity index (χ0n) is 19.0. The van der Waals surface area contributed by atoms with Gasteiger partial charge in [-0.05, 0) is 30.9 Å². The van der Waals surface area contributed by atoms with Crippen molar-refractivity contribution in [3.05, 3.63) is 34.8 Å². The Bertz CT molecular complexity index is 974. The van der Waals surface area contributed by atoms with Crippen LogP contribution in [0.15, 0.2) is 34.8 Å². The van der Waals surface area contributed by atoms with Crippen LogP contribution in [0, 0.1) is 35.0 Å². The summed E-state index contributed by atoms with van der Waals surface area (Å²) in [5.41, 5.74) is -3.88. The van der Waals surface area contributed by atoms with E-state index in [1.165, 1.54) is 13.8 Å². The largest absolute Gasteiger partial charge is 0.509 e.